The Morgan fingerprint density at radius 1 is 1.37 bits per heavy atom. The number of amides is 2. The van der Waals surface area contributed by atoms with E-state index in [1.54, 1.807) is 11.9 Å². The maximum atomic E-state index is 12.5. The zero-order chi connectivity index (χ0) is 13.8. The second kappa shape index (κ2) is 6.14. The van der Waals surface area contributed by atoms with Crippen LogP contribution in [0.5, 0.6) is 0 Å². The zero-order valence-corrected chi connectivity index (χ0v) is 11.3. The molecule has 0 aromatic carbocycles. The highest BCUT2D eigenvalue weighted by molar-refractivity contribution is 6.39. The number of likely N-dealkylation sites (tertiary alicyclic amines) is 1. The molecule has 0 spiro atoms. The smallest absolute Gasteiger partial charge is 0.270 e. The van der Waals surface area contributed by atoms with Gasteiger partial charge in [0.05, 0.1) is 12.6 Å². The summed E-state index contributed by atoms with van der Waals surface area (Å²) < 4.78 is 0. The van der Waals surface area contributed by atoms with Crippen LogP contribution in [0.3, 0.4) is 0 Å². The Bertz CT molecular complexity index is 395. The first-order valence-corrected chi connectivity index (χ1v) is 6.89. The van der Waals surface area contributed by atoms with E-state index in [0.717, 1.165) is 25.7 Å². The van der Waals surface area contributed by atoms with Crippen LogP contribution in [0.1, 0.15) is 38.5 Å². The number of hydrogen-bond donors (Lipinski definition) is 1. The van der Waals surface area contributed by atoms with Crippen molar-refractivity contribution in [2.45, 2.75) is 44.6 Å². The van der Waals surface area contributed by atoms with E-state index in [-0.39, 0.29) is 24.5 Å². The van der Waals surface area contributed by atoms with Crippen molar-refractivity contribution in [2.75, 3.05) is 20.2 Å². The van der Waals surface area contributed by atoms with E-state index in [4.69, 9.17) is 0 Å². The fraction of sp³-hybridized carbons (Fsp3) is 0.769. The lowest BCUT2D eigenvalue weighted by Gasteiger charge is -2.30. The quantitative estimate of drug-likeness (QED) is 0.785. The molecule has 1 saturated heterocycles. The molecule has 1 atom stereocenters. The van der Waals surface area contributed by atoms with Crippen LogP contribution in [-0.2, 0) is 9.59 Å². The summed E-state index contributed by atoms with van der Waals surface area (Å²) in [6, 6.07) is -0.111. The van der Waals surface area contributed by atoms with E-state index in [1.165, 1.54) is 5.01 Å². The lowest BCUT2D eigenvalue weighted by molar-refractivity contribution is -0.131. The minimum absolute atomic E-state index is 0.00616. The summed E-state index contributed by atoms with van der Waals surface area (Å²) >= 11 is 0. The fourth-order valence-electron chi connectivity index (χ4n) is 2.62. The molecule has 0 aromatic rings. The van der Waals surface area contributed by atoms with Crippen molar-refractivity contribution in [3.63, 3.8) is 0 Å². The molecule has 2 heterocycles. The lowest BCUT2D eigenvalue weighted by atomic mass is 10.1. The molecule has 0 radical (unpaired) electrons. The minimum atomic E-state index is -0.125. The van der Waals surface area contributed by atoms with Gasteiger partial charge in [-0.2, -0.15) is 5.10 Å². The molecule has 0 aliphatic carbocycles. The van der Waals surface area contributed by atoms with Gasteiger partial charge in [0.25, 0.3) is 5.91 Å². The van der Waals surface area contributed by atoms with E-state index < -0.39 is 0 Å². The van der Waals surface area contributed by atoms with Gasteiger partial charge in [-0.05, 0) is 12.8 Å². The average molecular weight is 267 g/mol. The molecule has 2 amide bonds. The van der Waals surface area contributed by atoms with Crippen molar-refractivity contribution in [2.24, 2.45) is 5.10 Å². The van der Waals surface area contributed by atoms with E-state index in [0.29, 0.717) is 25.1 Å². The molecule has 1 N–H and O–H groups in total. The van der Waals surface area contributed by atoms with E-state index in [1.807, 2.05) is 0 Å². The summed E-state index contributed by atoms with van der Waals surface area (Å²) in [5.74, 6) is -0.188. The van der Waals surface area contributed by atoms with Crippen LogP contribution >= 0.6 is 0 Å². The second-order valence-corrected chi connectivity index (χ2v) is 5.15. The van der Waals surface area contributed by atoms with Crippen molar-refractivity contribution < 1.29 is 14.7 Å². The Balaban J connectivity index is 2.13. The molecule has 106 valence electrons. The van der Waals surface area contributed by atoms with Gasteiger partial charge >= 0.3 is 0 Å². The molecule has 2 aliphatic rings. The standard InChI is InChI=1S/C13H21N3O3/c1-15-12(18)7-6-11(14-15)13(19)16-8-4-2-3-5-10(16)9-17/h10,17H,2-9H2,1H3. The normalized spacial score (nSPS) is 25.1. The summed E-state index contributed by atoms with van der Waals surface area (Å²) in [6.07, 6.45) is 4.66. The molecular formula is C13H21N3O3. The Morgan fingerprint density at radius 2 is 2.16 bits per heavy atom. The highest BCUT2D eigenvalue weighted by Gasteiger charge is 2.30. The molecule has 19 heavy (non-hydrogen) atoms. The summed E-state index contributed by atoms with van der Waals surface area (Å²) in [5, 5.41) is 14.7. The summed E-state index contributed by atoms with van der Waals surface area (Å²) in [6.45, 7) is 0.661. The van der Waals surface area contributed by atoms with Gasteiger partial charge in [0.1, 0.15) is 5.71 Å². The van der Waals surface area contributed by atoms with Crippen LogP contribution in [-0.4, -0.2) is 58.8 Å². The SMILES string of the molecule is CN1N=C(C(=O)N2CCCCCC2CO)CCC1=O. The number of carbonyl (C=O) groups is 2. The molecular weight excluding hydrogens is 246 g/mol. The van der Waals surface area contributed by atoms with Crippen LogP contribution in [0.15, 0.2) is 5.10 Å². The zero-order valence-electron chi connectivity index (χ0n) is 11.3. The number of rotatable bonds is 2. The lowest BCUT2D eigenvalue weighted by Crippen LogP contribution is -2.47. The Hall–Kier alpha value is -1.43. The van der Waals surface area contributed by atoms with Gasteiger partial charge in [-0.1, -0.05) is 12.8 Å². The summed E-state index contributed by atoms with van der Waals surface area (Å²) in [7, 11) is 1.57. The van der Waals surface area contributed by atoms with E-state index in [9.17, 15) is 14.7 Å². The average Bonchev–Trinajstić information content (AvgIpc) is 2.66. The maximum Gasteiger partial charge on any atom is 0.270 e. The molecule has 0 saturated carbocycles. The first-order chi connectivity index (χ1) is 9.13. The topological polar surface area (TPSA) is 73.2 Å². The van der Waals surface area contributed by atoms with E-state index in [2.05, 4.69) is 5.10 Å². The first kappa shape index (κ1) is 14.0. The van der Waals surface area contributed by atoms with Crippen molar-refractivity contribution in [1.29, 1.82) is 0 Å². The summed E-state index contributed by atoms with van der Waals surface area (Å²) in [4.78, 5) is 25.6. The molecule has 6 nitrogen and oxygen atoms in total. The van der Waals surface area contributed by atoms with Crippen LogP contribution in [0.25, 0.3) is 0 Å². The molecule has 2 rings (SSSR count). The molecule has 1 fully saturated rings. The Morgan fingerprint density at radius 3 is 2.84 bits per heavy atom. The third-order valence-electron chi connectivity index (χ3n) is 3.80. The van der Waals surface area contributed by atoms with Gasteiger partial charge in [0, 0.05) is 26.4 Å². The fourth-order valence-corrected chi connectivity index (χ4v) is 2.62. The van der Waals surface area contributed by atoms with Gasteiger partial charge in [-0.15, -0.1) is 0 Å². The highest BCUT2D eigenvalue weighted by atomic mass is 16.3. The van der Waals surface area contributed by atoms with Crippen LogP contribution in [0, 0.1) is 0 Å². The third-order valence-corrected chi connectivity index (χ3v) is 3.80. The highest BCUT2D eigenvalue weighted by Crippen LogP contribution is 2.19. The first-order valence-electron chi connectivity index (χ1n) is 6.89. The maximum absolute atomic E-state index is 12.5. The predicted molar refractivity (Wildman–Crippen MR) is 70.5 cm³/mol. The largest absolute Gasteiger partial charge is 0.394 e. The predicted octanol–water partition coefficient (Wildman–Crippen LogP) is 0.358. The number of nitrogens with zero attached hydrogens (tertiary/aromatic N) is 3. The molecule has 6 heteroatoms. The monoisotopic (exact) mass is 267 g/mol. The van der Waals surface area contributed by atoms with Crippen LogP contribution < -0.4 is 0 Å². The minimum Gasteiger partial charge on any atom is -0.394 e. The number of hydrogen-bond acceptors (Lipinski definition) is 4. The second-order valence-electron chi connectivity index (χ2n) is 5.15. The van der Waals surface area contributed by atoms with Gasteiger partial charge in [0.15, 0.2) is 0 Å². The van der Waals surface area contributed by atoms with Crippen molar-refractivity contribution in [3.8, 4) is 0 Å². The molecule has 0 bridgehead atoms. The van der Waals surface area contributed by atoms with Gasteiger partial charge in [-0.3, -0.25) is 9.59 Å². The Labute approximate surface area is 113 Å². The van der Waals surface area contributed by atoms with E-state index >= 15 is 0 Å². The van der Waals surface area contributed by atoms with Gasteiger partial charge < -0.3 is 10.0 Å². The summed E-state index contributed by atoms with van der Waals surface area (Å²) in [5.41, 5.74) is 0.433. The number of carbonyl (C=O) groups excluding carboxylic acids is 2. The van der Waals surface area contributed by atoms with Gasteiger partial charge in [0.2, 0.25) is 5.91 Å². The van der Waals surface area contributed by atoms with Crippen molar-refractivity contribution >= 4 is 17.5 Å². The number of aliphatic hydroxyl groups is 1. The molecule has 0 aromatic heterocycles. The third kappa shape index (κ3) is 3.12. The molecule has 1 unspecified atom stereocenters. The van der Waals surface area contributed by atoms with Crippen molar-refractivity contribution in [3.05, 3.63) is 0 Å². The van der Waals surface area contributed by atoms with Crippen molar-refractivity contribution in [1.82, 2.24) is 9.91 Å². The van der Waals surface area contributed by atoms with Gasteiger partial charge in [-0.25, -0.2) is 5.01 Å². The number of aliphatic hydroxyl groups excluding tert-OH is 1. The van der Waals surface area contributed by atoms with Crippen LogP contribution in [0.4, 0.5) is 0 Å². The Kier molecular flexibility index (Phi) is 4.52. The number of hydrazone groups is 1. The molecule has 2 aliphatic heterocycles. The van der Waals surface area contributed by atoms with Crippen LogP contribution in [0.2, 0.25) is 0 Å².